The molecule has 2 aromatic heterocycles. The van der Waals surface area contributed by atoms with Crippen molar-refractivity contribution in [1.29, 1.82) is 0 Å². The van der Waals surface area contributed by atoms with Gasteiger partial charge in [-0.2, -0.15) is 0 Å². The van der Waals surface area contributed by atoms with E-state index in [0.29, 0.717) is 26.4 Å². The molecular formula is C102H76N6O4. The summed E-state index contributed by atoms with van der Waals surface area (Å²) in [5.74, 6) is 0. The summed E-state index contributed by atoms with van der Waals surface area (Å²) in [4.78, 5) is 9.33. The summed E-state index contributed by atoms with van der Waals surface area (Å²) in [6.45, 7) is 2.44. The number of hydrogen-bond donors (Lipinski definition) is 0. The highest BCUT2D eigenvalue weighted by Gasteiger charge is 2.25. The van der Waals surface area contributed by atoms with E-state index in [2.05, 4.69) is 429 Å². The summed E-state index contributed by atoms with van der Waals surface area (Å²) in [6, 6.07) is 144. The van der Waals surface area contributed by atoms with Crippen LogP contribution in [0.15, 0.2) is 400 Å². The Kier molecular flexibility index (Phi) is 17.9. The molecule has 0 radical (unpaired) electrons. The van der Waals surface area contributed by atoms with Gasteiger partial charge in [0.2, 0.25) is 0 Å². The number of aromatic nitrogens is 2. The van der Waals surface area contributed by atoms with Crippen molar-refractivity contribution in [2.75, 3.05) is 46.0 Å². The molecular weight excluding hydrogens is 1370 g/mol. The maximum atomic E-state index is 5.84. The molecule has 0 aliphatic carbocycles. The van der Waals surface area contributed by atoms with Crippen molar-refractivity contribution in [2.45, 2.75) is 12.6 Å². The van der Waals surface area contributed by atoms with Gasteiger partial charge in [-0.25, -0.2) is 0 Å². The lowest BCUT2D eigenvalue weighted by atomic mass is 10.0. The quantitative estimate of drug-likeness (QED) is 0.0794. The Morgan fingerprint density at radius 3 is 0.679 bits per heavy atom. The standard InChI is InChI=1S/C102H76N6O4/c1-5-17-79(18-6-1)103(80-19-7-2-8-20-80)87-55-59-89(60-56-87)105(85-47-33-73(34-48-85)77-41-63-99-95(69-77)93-25-13-15-27-97(93)107(99)91-51-37-75(38-52-91)101-109-65-66-110-101)83-43-29-71(30-44-83)72-31-45-84(46-32-72)106(90-61-57-88(58-62-90)104(81-21-9-3-10-22-81)82-23-11-4-12-24-82)86-49-35-74(36-50-86)78-42-64-100-96(70-78)94-26-14-16-28-98(94)108(100)92-53-39-76(40-54-92)102-111-67-68-112-102/h1-64,69-70,101-102H,65-68H2. The molecule has 0 N–H and O–H groups in total. The zero-order chi connectivity index (χ0) is 74.3. The van der Waals surface area contributed by atoms with E-state index >= 15 is 0 Å². The highest BCUT2D eigenvalue weighted by atomic mass is 16.7. The Labute approximate surface area is 650 Å². The predicted octanol–water partition coefficient (Wildman–Crippen LogP) is 26.9. The molecule has 0 spiro atoms. The molecule has 18 aromatic rings. The normalized spacial score (nSPS) is 13.2. The second-order valence-corrected chi connectivity index (χ2v) is 28.4. The fourth-order valence-corrected chi connectivity index (χ4v) is 16.3. The molecule has 538 valence electrons. The zero-order valence-electron chi connectivity index (χ0n) is 61.4. The van der Waals surface area contributed by atoms with Crippen LogP contribution in [-0.2, 0) is 18.9 Å². The Hall–Kier alpha value is -13.8. The van der Waals surface area contributed by atoms with Crippen LogP contribution in [0.4, 0.5) is 68.2 Å². The molecule has 2 saturated heterocycles. The smallest absolute Gasteiger partial charge is 0.184 e. The van der Waals surface area contributed by atoms with E-state index in [1.807, 2.05) is 0 Å². The Balaban J connectivity index is 0.631. The Bertz CT molecular complexity index is 5860. The maximum absolute atomic E-state index is 5.84. The first-order chi connectivity index (χ1) is 55.5. The lowest BCUT2D eigenvalue weighted by molar-refractivity contribution is -0.0443. The van der Waals surface area contributed by atoms with Crippen LogP contribution in [0.5, 0.6) is 0 Å². The SMILES string of the molecule is c1ccc(N(c2ccccc2)c2ccc(N(c3ccc(-c4ccc(N(c5ccc(-c6ccc7c(c6)c6ccccc6n7-c6ccc(C7OCCO7)cc6)cc5)c5ccc(N(c6ccccc6)c6ccccc6)cc5)cc4)cc3)c3ccc(-c4ccc5c(c4)c4ccccc4n5-c4ccc(C5OCCO5)cc4)cc3)cc2)cc1. The van der Waals surface area contributed by atoms with Crippen molar-refractivity contribution in [2.24, 2.45) is 0 Å². The lowest BCUT2D eigenvalue weighted by Gasteiger charge is -2.29. The first-order valence-electron chi connectivity index (χ1n) is 38.3. The van der Waals surface area contributed by atoms with Crippen LogP contribution in [0.25, 0.3) is 88.4 Å². The van der Waals surface area contributed by atoms with Crippen LogP contribution in [0.3, 0.4) is 0 Å². The fraction of sp³-hybridized carbons (Fsp3) is 0.0588. The van der Waals surface area contributed by atoms with E-state index in [0.717, 1.165) is 146 Å². The zero-order valence-corrected chi connectivity index (χ0v) is 61.4. The molecule has 16 aromatic carbocycles. The summed E-state index contributed by atoms with van der Waals surface area (Å²) >= 11 is 0. The van der Waals surface area contributed by atoms with E-state index in [1.54, 1.807) is 0 Å². The number of fused-ring (bicyclic) bond motifs is 6. The summed E-state index contributed by atoms with van der Waals surface area (Å²) in [5, 5.41) is 4.79. The van der Waals surface area contributed by atoms with Crippen LogP contribution in [0.1, 0.15) is 23.7 Å². The van der Waals surface area contributed by atoms with Gasteiger partial charge in [0, 0.05) is 112 Å². The average Bonchev–Trinajstić information content (AvgIpc) is 1.60. The van der Waals surface area contributed by atoms with Gasteiger partial charge in [-0.3, -0.25) is 0 Å². The first-order valence-corrected chi connectivity index (χ1v) is 38.3. The van der Waals surface area contributed by atoms with Crippen molar-refractivity contribution in [3.05, 3.63) is 412 Å². The van der Waals surface area contributed by atoms with Gasteiger partial charge in [-0.05, 0) is 240 Å². The topological polar surface area (TPSA) is 59.7 Å². The van der Waals surface area contributed by atoms with E-state index < -0.39 is 0 Å². The third-order valence-corrected chi connectivity index (χ3v) is 21.7. The number of rotatable bonds is 19. The molecule has 10 nitrogen and oxygen atoms in total. The van der Waals surface area contributed by atoms with Crippen molar-refractivity contribution in [3.63, 3.8) is 0 Å². The number of benzene rings is 16. The monoisotopic (exact) mass is 1450 g/mol. The van der Waals surface area contributed by atoms with Crippen LogP contribution in [0.2, 0.25) is 0 Å². The second kappa shape index (κ2) is 29.6. The van der Waals surface area contributed by atoms with Crippen molar-refractivity contribution in [3.8, 4) is 44.8 Å². The van der Waals surface area contributed by atoms with E-state index in [4.69, 9.17) is 18.9 Å². The highest BCUT2D eigenvalue weighted by Crippen LogP contribution is 2.46. The van der Waals surface area contributed by atoms with E-state index in [-0.39, 0.29) is 12.6 Å². The Morgan fingerprint density at radius 2 is 0.402 bits per heavy atom. The molecule has 4 heterocycles. The van der Waals surface area contributed by atoms with Crippen molar-refractivity contribution >= 4 is 112 Å². The molecule has 2 aliphatic heterocycles. The first kappa shape index (κ1) is 67.5. The predicted molar refractivity (Wildman–Crippen MR) is 459 cm³/mol. The van der Waals surface area contributed by atoms with Gasteiger partial charge >= 0.3 is 0 Å². The van der Waals surface area contributed by atoms with Gasteiger partial charge in [-0.1, -0.05) is 194 Å². The second-order valence-electron chi connectivity index (χ2n) is 28.4. The summed E-state index contributed by atoms with van der Waals surface area (Å²) in [6.07, 6.45) is -0.645. The molecule has 10 heteroatoms. The largest absolute Gasteiger partial charge is 0.346 e. The van der Waals surface area contributed by atoms with Crippen LogP contribution in [0, 0.1) is 0 Å². The van der Waals surface area contributed by atoms with Gasteiger partial charge in [-0.15, -0.1) is 0 Å². The van der Waals surface area contributed by atoms with Gasteiger partial charge in [0.25, 0.3) is 0 Å². The molecule has 0 unspecified atom stereocenters. The summed E-state index contributed by atoms with van der Waals surface area (Å²) < 4.78 is 28.1. The minimum absolute atomic E-state index is 0.323. The third kappa shape index (κ3) is 12.9. The molecule has 0 amide bonds. The summed E-state index contributed by atoms with van der Waals surface area (Å²) in [7, 11) is 0. The minimum atomic E-state index is -0.323. The van der Waals surface area contributed by atoms with Crippen molar-refractivity contribution < 1.29 is 18.9 Å². The number of para-hydroxylation sites is 6. The average molecular weight is 1450 g/mol. The van der Waals surface area contributed by atoms with Crippen LogP contribution < -0.4 is 19.6 Å². The summed E-state index contributed by atoms with van der Waals surface area (Å²) in [5.41, 5.74) is 28.2. The van der Waals surface area contributed by atoms with E-state index in [9.17, 15) is 0 Å². The van der Waals surface area contributed by atoms with Gasteiger partial charge < -0.3 is 47.7 Å². The van der Waals surface area contributed by atoms with E-state index in [1.165, 1.54) is 21.5 Å². The number of nitrogens with zero attached hydrogens (tertiary/aromatic N) is 6. The van der Waals surface area contributed by atoms with Crippen LogP contribution in [-0.4, -0.2) is 35.6 Å². The number of hydrogen-bond acceptors (Lipinski definition) is 8. The molecule has 112 heavy (non-hydrogen) atoms. The molecule has 2 fully saturated rings. The highest BCUT2D eigenvalue weighted by molar-refractivity contribution is 6.12. The number of anilines is 12. The van der Waals surface area contributed by atoms with Crippen LogP contribution >= 0.6 is 0 Å². The maximum Gasteiger partial charge on any atom is 0.184 e. The fourth-order valence-electron chi connectivity index (χ4n) is 16.3. The van der Waals surface area contributed by atoms with Gasteiger partial charge in [0.1, 0.15) is 0 Å². The molecule has 20 rings (SSSR count). The molecule has 0 bridgehead atoms. The van der Waals surface area contributed by atoms with Gasteiger partial charge in [0.15, 0.2) is 12.6 Å². The number of ether oxygens (including phenoxy) is 4. The van der Waals surface area contributed by atoms with Gasteiger partial charge in [0.05, 0.1) is 48.5 Å². The molecule has 0 atom stereocenters. The lowest BCUT2D eigenvalue weighted by Crippen LogP contribution is -2.12. The molecule has 0 saturated carbocycles. The Morgan fingerprint density at radius 1 is 0.188 bits per heavy atom. The third-order valence-electron chi connectivity index (χ3n) is 21.7. The minimum Gasteiger partial charge on any atom is -0.346 e. The van der Waals surface area contributed by atoms with Crippen molar-refractivity contribution in [1.82, 2.24) is 9.13 Å². The molecule has 2 aliphatic rings.